The van der Waals surface area contributed by atoms with E-state index in [1.165, 1.54) is 0 Å². The average molecular weight is 430 g/mol. The maximum atomic E-state index is 12.8. The van der Waals surface area contributed by atoms with Crippen molar-refractivity contribution < 1.29 is 14.3 Å². The van der Waals surface area contributed by atoms with Crippen molar-refractivity contribution in [1.82, 2.24) is 30.1 Å². The lowest BCUT2D eigenvalue weighted by atomic mass is 10.1. The normalized spacial score (nSPS) is 14.8. The summed E-state index contributed by atoms with van der Waals surface area (Å²) in [6, 6.07) is 19.4. The van der Waals surface area contributed by atoms with Crippen LogP contribution in [0.15, 0.2) is 66.9 Å². The minimum atomic E-state index is -0.224. The molecular formula is C23H22N6O3. The van der Waals surface area contributed by atoms with E-state index in [-0.39, 0.29) is 17.7 Å². The van der Waals surface area contributed by atoms with Gasteiger partial charge in [0, 0.05) is 12.6 Å². The molecule has 2 aromatic heterocycles. The van der Waals surface area contributed by atoms with Crippen LogP contribution >= 0.6 is 0 Å². The number of para-hydroxylation sites is 2. The van der Waals surface area contributed by atoms with E-state index >= 15 is 0 Å². The minimum Gasteiger partial charge on any atom is -0.486 e. The molecule has 1 amide bonds. The van der Waals surface area contributed by atoms with Gasteiger partial charge in [-0.25, -0.2) is 4.68 Å². The SMILES string of the molecule is CN(Cc1cc(-c2ccccc2)n[nH]1)C(=O)c1cn(CC2COc3ccccc3O2)nn1. The highest BCUT2D eigenvalue weighted by Gasteiger charge is 2.23. The molecule has 1 unspecified atom stereocenters. The van der Waals surface area contributed by atoms with E-state index in [1.54, 1.807) is 22.8 Å². The number of nitrogens with zero attached hydrogens (tertiary/aromatic N) is 5. The second kappa shape index (κ2) is 8.54. The monoisotopic (exact) mass is 430 g/mol. The van der Waals surface area contributed by atoms with Crippen molar-refractivity contribution in [3.63, 3.8) is 0 Å². The molecule has 1 N–H and O–H groups in total. The molecule has 162 valence electrons. The lowest BCUT2D eigenvalue weighted by Gasteiger charge is -2.26. The van der Waals surface area contributed by atoms with Gasteiger partial charge in [0.1, 0.15) is 6.61 Å². The van der Waals surface area contributed by atoms with Crippen LogP contribution in [-0.2, 0) is 13.1 Å². The Kier molecular flexibility index (Phi) is 5.29. The number of hydrogen-bond donors (Lipinski definition) is 1. The van der Waals surface area contributed by atoms with E-state index in [4.69, 9.17) is 9.47 Å². The number of aromatic amines is 1. The summed E-state index contributed by atoms with van der Waals surface area (Å²) in [5, 5.41) is 15.5. The van der Waals surface area contributed by atoms with Crippen molar-refractivity contribution in [3.8, 4) is 22.8 Å². The topological polar surface area (TPSA) is 98.2 Å². The van der Waals surface area contributed by atoms with Crippen LogP contribution in [0, 0.1) is 0 Å². The Balaban J connectivity index is 1.20. The fourth-order valence-electron chi connectivity index (χ4n) is 3.57. The fourth-order valence-corrected chi connectivity index (χ4v) is 3.57. The van der Waals surface area contributed by atoms with E-state index < -0.39 is 0 Å². The van der Waals surface area contributed by atoms with E-state index in [0.717, 1.165) is 22.7 Å². The Morgan fingerprint density at radius 2 is 1.94 bits per heavy atom. The average Bonchev–Trinajstić information content (AvgIpc) is 3.49. The van der Waals surface area contributed by atoms with E-state index in [2.05, 4.69) is 20.5 Å². The van der Waals surface area contributed by atoms with Gasteiger partial charge in [0.25, 0.3) is 5.91 Å². The first-order valence-corrected chi connectivity index (χ1v) is 10.3. The lowest BCUT2D eigenvalue weighted by Crippen LogP contribution is -2.33. The molecule has 4 aromatic rings. The second-order valence-corrected chi connectivity index (χ2v) is 7.63. The summed E-state index contributed by atoms with van der Waals surface area (Å²) in [5.74, 6) is 1.21. The Morgan fingerprint density at radius 3 is 2.78 bits per heavy atom. The summed E-state index contributed by atoms with van der Waals surface area (Å²) < 4.78 is 13.3. The summed E-state index contributed by atoms with van der Waals surface area (Å²) in [6.07, 6.45) is 1.42. The Morgan fingerprint density at radius 1 is 1.16 bits per heavy atom. The number of fused-ring (bicyclic) bond motifs is 1. The molecule has 0 spiro atoms. The van der Waals surface area contributed by atoms with Gasteiger partial charge in [0.15, 0.2) is 23.3 Å². The molecule has 3 heterocycles. The van der Waals surface area contributed by atoms with Crippen LogP contribution in [-0.4, -0.2) is 55.8 Å². The zero-order chi connectivity index (χ0) is 21.9. The molecule has 2 aromatic carbocycles. The molecule has 0 aliphatic carbocycles. The number of nitrogens with one attached hydrogen (secondary N) is 1. The quantitative estimate of drug-likeness (QED) is 0.505. The van der Waals surface area contributed by atoms with Gasteiger partial charge in [0.2, 0.25) is 0 Å². The first-order valence-electron chi connectivity index (χ1n) is 10.3. The zero-order valence-electron chi connectivity index (χ0n) is 17.5. The predicted octanol–water partition coefficient (Wildman–Crippen LogP) is 2.78. The molecule has 5 rings (SSSR count). The van der Waals surface area contributed by atoms with Gasteiger partial charge >= 0.3 is 0 Å². The standard InChI is InChI=1S/C23H22N6O3/c1-28(12-17-11-19(25-24-17)16-7-3-2-4-8-16)23(30)20-14-29(27-26-20)13-18-15-31-21-9-5-6-10-22(21)32-18/h2-11,14,18H,12-13,15H2,1H3,(H,24,25). The predicted molar refractivity (Wildman–Crippen MR) is 116 cm³/mol. The summed E-state index contributed by atoms with van der Waals surface area (Å²) in [6.45, 7) is 1.21. The number of carbonyl (C=O) groups excluding carboxylic acids is 1. The maximum absolute atomic E-state index is 12.8. The third kappa shape index (κ3) is 4.18. The Labute approximate surface area is 184 Å². The smallest absolute Gasteiger partial charge is 0.276 e. The Bertz CT molecular complexity index is 1220. The molecule has 0 saturated heterocycles. The first kappa shape index (κ1) is 19.8. The van der Waals surface area contributed by atoms with Crippen LogP contribution in [0.2, 0.25) is 0 Å². The van der Waals surface area contributed by atoms with Crippen molar-refractivity contribution in [1.29, 1.82) is 0 Å². The molecule has 0 fully saturated rings. The summed E-state index contributed by atoms with van der Waals surface area (Å²) >= 11 is 0. The van der Waals surface area contributed by atoms with Gasteiger partial charge in [-0.2, -0.15) is 5.10 Å². The van der Waals surface area contributed by atoms with Gasteiger partial charge in [-0.15, -0.1) is 5.10 Å². The van der Waals surface area contributed by atoms with Crippen LogP contribution in [0.5, 0.6) is 11.5 Å². The highest BCUT2D eigenvalue weighted by atomic mass is 16.6. The third-order valence-electron chi connectivity index (χ3n) is 5.17. The number of benzene rings is 2. The second-order valence-electron chi connectivity index (χ2n) is 7.63. The van der Waals surface area contributed by atoms with E-state index in [9.17, 15) is 4.79 Å². The zero-order valence-corrected chi connectivity index (χ0v) is 17.5. The van der Waals surface area contributed by atoms with Crippen molar-refractivity contribution in [3.05, 3.63) is 78.2 Å². The molecule has 1 aliphatic heterocycles. The number of rotatable bonds is 6. The minimum absolute atomic E-state index is 0.214. The van der Waals surface area contributed by atoms with E-state index in [0.29, 0.717) is 25.4 Å². The van der Waals surface area contributed by atoms with Crippen LogP contribution in [0.3, 0.4) is 0 Å². The number of amides is 1. The maximum Gasteiger partial charge on any atom is 0.276 e. The molecular weight excluding hydrogens is 408 g/mol. The number of H-pyrrole nitrogens is 1. The summed E-state index contributed by atoms with van der Waals surface area (Å²) in [7, 11) is 1.72. The fraction of sp³-hybridized carbons (Fsp3) is 0.217. The van der Waals surface area contributed by atoms with Gasteiger partial charge in [-0.05, 0) is 18.2 Å². The molecule has 9 nitrogen and oxygen atoms in total. The van der Waals surface area contributed by atoms with Crippen molar-refractivity contribution >= 4 is 5.91 Å². The van der Waals surface area contributed by atoms with Crippen LogP contribution < -0.4 is 9.47 Å². The molecule has 1 atom stereocenters. The third-order valence-corrected chi connectivity index (χ3v) is 5.17. The van der Waals surface area contributed by atoms with Crippen LogP contribution in [0.25, 0.3) is 11.3 Å². The number of carbonyl (C=O) groups is 1. The molecule has 1 aliphatic rings. The molecule has 0 radical (unpaired) electrons. The number of hydrogen-bond acceptors (Lipinski definition) is 6. The largest absolute Gasteiger partial charge is 0.486 e. The lowest BCUT2D eigenvalue weighted by molar-refractivity contribution is 0.0752. The van der Waals surface area contributed by atoms with Gasteiger partial charge in [-0.1, -0.05) is 47.7 Å². The first-order chi connectivity index (χ1) is 15.7. The van der Waals surface area contributed by atoms with Crippen LogP contribution in [0.1, 0.15) is 16.2 Å². The molecule has 0 bridgehead atoms. The highest BCUT2D eigenvalue weighted by Crippen LogP contribution is 2.31. The number of aromatic nitrogens is 5. The highest BCUT2D eigenvalue weighted by molar-refractivity contribution is 5.91. The van der Waals surface area contributed by atoms with Crippen molar-refractivity contribution in [2.75, 3.05) is 13.7 Å². The Hall–Kier alpha value is -4.14. The van der Waals surface area contributed by atoms with Crippen LogP contribution in [0.4, 0.5) is 0 Å². The van der Waals surface area contributed by atoms with Crippen molar-refractivity contribution in [2.24, 2.45) is 0 Å². The van der Waals surface area contributed by atoms with Gasteiger partial charge in [0.05, 0.1) is 30.7 Å². The van der Waals surface area contributed by atoms with Gasteiger partial charge < -0.3 is 14.4 Å². The molecule has 9 heteroatoms. The van der Waals surface area contributed by atoms with Crippen molar-refractivity contribution in [2.45, 2.75) is 19.2 Å². The molecule has 0 saturated carbocycles. The summed E-state index contributed by atoms with van der Waals surface area (Å²) in [5.41, 5.74) is 2.96. The number of ether oxygens (including phenoxy) is 2. The van der Waals surface area contributed by atoms with Gasteiger partial charge in [-0.3, -0.25) is 9.89 Å². The molecule has 32 heavy (non-hydrogen) atoms. The summed E-state index contributed by atoms with van der Waals surface area (Å²) in [4.78, 5) is 14.4. The van der Waals surface area contributed by atoms with E-state index in [1.807, 2.05) is 60.7 Å².